The van der Waals surface area contributed by atoms with Crippen LogP contribution >= 0.6 is 0 Å². The van der Waals surface area contributed by atoms with Gasteiger partial charge in [-0.1, -0.05) is 6.92 Å². The third kappa shape index (κ3) is 3.38. The summed E-state index contributed by atoms with van der Waals surface area (Å²) in [5, 5.41) is 9.66. The molecule has 2 unspecified atom stereocenters. The maximum atomic E-state index is 12.4. The fourth-order valence-electron chi connectivity index (χ4n) is 2.52. The number of H-pyrrole nitrogens is 1. The number of sulfonamides is 1. The van der Waals surface area contributed by atoms with E-state index in [1.165, 1.54) is 0 Å². The molecule has 3 N–H and O–H groups in total. The molecule has 1 aliphatic rings. The zero-order valence-corrected chi connectivity index (χ0v) is 12.7. The van der Waals surface area contributed by atoms with Crippen molar-refractivity contribution in [1.82, 2.24) is 20.2 Å². The SMILES string of the molecule is CCNCc1cn[nH]c1S(=O)(=O)NC1CCCC1OC. The number of hydrogen-bond acceptors (Lipinski definition) is 5. The molecule has 2 rings (SSSR count). The molecule has 1 heterocycles. The Kier molecular flexibility index (Phi) is 5.14. The van der Waals surface area contributed by atoms with E-state index >= 15 is 0 Å². The first-order valence-electron chi connectivity index (χ1n) is 6.86. The Balaban J connectivity index is 2.12. The predicted molar refractivity (Wildman–Crippen MR) is 74.7 cm³/mol. The molecule has 114 valence electrons. The van der Waals surface area contributed by atoms with Crippen molar-refractivity contribution in [2.24, 2.45) is 0 Å². The third-order valence-electron chi connectivity index (χ3n) is 3.57. The molecule has 0 spiro atoms. The summed E-state index contributed by atoms with van der Waals surface area (Å²) in [6, 6.07) is -0.166. The van der Waals surface area contributed by atoms with E-state index in [9.17, 15) is 8.42 Å². The second-order valence-electron chi connectivity index (χ2n) is 4.94. The van der Waals surface area contributed by atoms with Gasteiger partial charge in [0.15, 0.2) is 5.03 Å². The van der Waals surface area contributed by atoms with E-state index in [1.807, 2.05) is 6.92 Å². The molecule has 0 aliphatic heterocycles. The lowest BCUT2D eigenvalue weighted by Crippen LogP contribution is -2.41. The lowest BCUT2D eigenvalue weighted by Gasteiger charge is -2.19. The highest BCUT2D eigenvalue weighted by atomic mass is 32.2. The van der Waals surface area contributed by atoms with Crippen molar-refractivity contribution >= 4 is 10.0 Å². The molecule has 8 heteroatoms. The molecular weight excluding hydrogens is 280 g/mol. The van der Waals surface area contributed by atoms with Crippen LogP contribution in [0.1, 0.15) is 31.7 Å². The summed E-state index contributed by atoms with van der Waals surface area (Å²) in [4.78, 5) is 0. The summed E-state index contributed by atoms with van der Waals surface area (Å²) in [6.07, 6.45) is 4.15. The number of ether oxygens (including phenoxy) is 1. The Morgan fingerprint density at radius 3 is 3.00 bits per heavy atom. The second-order valence-corrected chi connectivity index (χ2v) is 6.59. The summed E-state index contributed by atoms with van der Waals surface area (Å²) >= 11 is 0. The molecule has 0 aromatic carbocycles. The number of methoxy groups -OCH3 is 1. The Labute approximate surface area is 119 Å². The fraction of sp³-hybridized carbons (Fsp3) is 0.750. The second kappa shape index (κ2) is 6.66. The molecule has 1 fully saturated rings. The summed E-state index contributed by atoms with van der Waals surface area (Å²) in [7, 11) is -1.98. The van der Waals surface area contributed by atoms with E-state index in [0.29, 0.717) is 12.1 Å². The number of aromatic nitrogens is 2. The number of rotatable bonds is 7. The van der Waals surface area contributed by atoms with Crippen LogP contribution in [0.25, 0.3) is 0 Å². The highest BCUT2D eigenvalue weighted by Gasteiger charge is 2.32. The van der Waals surface area contributed by atoms with Gasteiger partial charge in [0.05, 0.1) is 12.3 Å². The Hall–Kier alpha value is -0.960. The zero-order valence-electron chi connectivity index (χ0n) is 11.8. The van der Waals surface area contributed by atoms with Gasteiger partial charge in [-0.15, -0.1) is 0 Å². The maximum Gasteiger partial charge on any atom is 0.258 e. The first-order chi connectivity index (χ1) is 9.58. The first kappa shape index (κ1) is 15.4. The Morgan fingerprint density at radius 1 is 1.50 bits per heavy atom. The minimum absolute atomic E-state index is 0.0510. The van der Waals surface area contributed by atoms with Gasteiger partial charge in [0.25, 0.3) is 10.0 Å². The Morgan fingerprint density at radius 2 is 2.30 bits per heavy atom. The van der Waals surface area contributed by atoms with Crippen molar-refractivity contribution in [1.29, 1.82) is 0 Å². The van der Waals surface area contributed by atoms with Crippen molar-refractivity contribution < 1.29 is 13.2 Å². The molecule has 1 aliphatic carbocycles. The van der Waals surface area contributed by atoms with Crippen molar-refractivity contribution in [3.63, 3.8) is 0 Å². The molecule has 2 atom stereocenters. The molecule has 1 aromatic rings. The topological polar surface area (TPSA) is 96.1 Å². The fourth-order valence-corrected chi connectivity index (χ4v) is 3.95. The van der Waals surface area contributed by atoms with Gasteiger partial charge in [-0.05, 0) is 25.8 Å². The Bertz CT molecular complexity index is 529. The van der Waals surface area contributed by atoms with E-state index in [4.69, 9.17) is 4.74 Å². The molecule has 20 heavy (non-hydrogen) atoms. The van der Waals surface area contributed by atoms with E-state index in [2.05, 4.69) is 20.2 Å². The van der Waals surface area contributed by atoms with E-state index in [-0.39, 0.29) is 17.2 Å². The zero-order chi connectivity index (χ0) is 14.6. The number of nitrogens with one attached hydrogen (secondary N) is 3. The molecular formula is C12H22N4O3S. The van der Waals surface area contributed by atoms with Crippen LogP contribution in [-0.2, 0) is 21.3 Å². The van der Waals surface area contributed by atoms with Gasteiger partial charge in [-0.2, -0.15) is 5.10 Å². The molecule has 0 saturated heterocycles. The standard InChI is InChI=1S/C12H22N4O3S/c1-3-13-7-9-8-14-15-12(9)20(17,18)16-10-5-4-6-11(10)19-2/h8,10-11,13,16H,3-7H2,1-2H3,(H,14,15). The van der Waals surface area contributed by atoms with Crippen LogP contribution in [0.2, 0.25) is 0 Å². The van der Waals surface area contributed by atoms with Crippen LogP contribution in [0.3, 0.4) is 0 Å². The maximum absolute atomic E-state index is 12.4. The molecule has 7 nitrogen and oxygen atoms in total. The summed E-state index contributed by atoms with van der Waals surface area (Å²) in [5.41, 5.74) is 0.645. The number of nitrogens with zero attached hydrogens (tertiary/aromatic N) is 1. The van der Waals surface area contributed by atoms with Crippen molar-refractivity contribution in [2.45, 2.75) is 49.9 Å². The average Bonchev–Trinajstić information content (AvgIpc) is 3.04. The van der Waals surface area contributed by atoms with Crippen LogP contribution in [0.5, 0.6) is 0 Å². The van der Waals surface area contributed by atoms with E-state index in [1.54, 1.807) is 13.3 Å². The van der Waals surface area contributed by atoms with Gasteiger partial charge in [-0.25, -0.2) is 13.1 Å². The lowest BCUT2D eigenvalue weighted by molar-refractivity contribution is 0.0916. The molecule has 0 radical (unpaired) electrons. The quantitative estimate of drug-likeness (QED) is 0.676. The van der Waals surface area contributed by atoms with Gasteiger partial charge in [-0.3, -0.25) is 5.10 Å². The molecule has 0 bridgehead atoms. The van der Waals surface area contributed by atoms with Crippen LogP contribution in [-0.4, -0.2) is 44.4 Å². The highest BCUT2D eigenvalue weighted by molar-refractivity contribution is 7.89. The number of aromatic amines is 1. The molecule has 0 amide bonds. The third-order valence-corrected chi connectivity index (χ3v) is 5.08. The van der Waals surface area contributed by atoms with E-state index in [0.717, 1.165) is 25.8 Å². The molecule has 1 aromatic heterocycles. The first-order valence-corrected chi connectivity index (χ1v) is 8.35. The average molecular weight is 302 g/mol. The lowest BCUT2D eigenvalue weighted by atomic mass is 10.2. The smallest absolute Gasteiger partial charge is 0.258 e. The summed E-state index contributed by atoms with van der Waals surface area (Å²) in [6.45, 7) is 3.21. The van der Waals surface area contributed by atoms with Gasteiger partial charge in [0.1, 0.15) is 0 Å². The largest absolute Gasteiger partial charge is 0.380 e. The molecule has 1 saturated carbocycles. The van der Waals surface area contributed by atoms with Crippen molar-refractivity contribution in [3.05, 3.63) is 11.8 Å². The van der Waals surface area contributed by atoms with Crippen molar-refractivity contribution in [3.8, 4) is 0 Å². The van der Waals surface area contributed by atoms with Gasteiger partial charge >= 0.3 is 0 Å². The van der Waals surface area contributed by atoms with Crippen LogP contribution < -0.4 is 10.0 Å². The minimum atomic E-state index is -3.59. The monoisotopic (exact) mass is 302 g/mol. The summed E-state index contributed by atoms with van der Waals surface area (Å²) in [5.74, 6) is 0. The van der Waals surface area contributed by atoms with E-state index < -0.39 is 10.0 Å². The van der Waals surface area contributed by atoms with Gasteiger partial charge in [0.2, 0.25) is 0 Å². The predicted octanol–water partition coefficient (Wildman–Crippen LogP) is 0.365. The van der Waals surface area contributed by atoms with Crippen LogP contribution in [0.4, 0.5) is 0 Å². The minimum Gasteiger partial charge on any atom is -0.380 e. The normalized spacial score (nSPS) is 23.3. The van der Waals surface area contributed by atoms with Crippen LogP contribution in [0.15, 0.2) is 11.2 Å². The van der Waals surface area contributed by atoms with Gasteiger partial charge < -0.3 is 10.1 Å². The summed E-state index contributed by atoms with van der Waals surface area (Å²) < 4.78 is 32.9. The van der Waals surface area contributed by atoms with Gasteiger partial charge in [0, 0.05) is 25.3 Å². The van der Waals surface area contributed by atoms with Crippen LogP contribution in [0, 0.1) is 0 Å². The van der Waals surface area contributed by atoms with Crippen molar-refractivity contribution in [2.75, 3.05) is 13.7 Å². The number of hydrogen-bond donors (Lipinski definition) is 3. The highest BCUT2D eigenvalue weighted by Crippen LogP contribution is 2.23.